The van der Waals surface area contributed by atoms with Gasteiger partial charge in [-0.1, -0.05) is 30.3 Å². The van der Waals surface area contributed by atoms with Gasteiger partial charge in [-0.2, -0.15) is 0 Å². The molecule has 0 aliphatic carbocycles. The standard InChI is InChI=1S/C18H24N2O2S/c21-16(10-4-8-14-6-2-1-3-7-14)20-12-13-23-18(20)17(22)15-9-5-11-19-15/h1-3,6-7,15,18-19H,4-5,8-13H2/t15-,18?/m1/s1. The summed E-state index contributed by atoms with van der Waals surface area (Å²) < 4.78 is 0. The Labute approximate surface area is 142 Å². The Bertz CT molecular complexity index is 543. The van der Waals surface area contributed by atoms with Gasteiger partial charge < -0.3 is 10.2 Å². The molecule has 0 saturated carbocycles. The van der Waals surface area contributed by atoms with Gasteiger partial charge in [0.1, 0.15) is 5.37 Å². The van der Waals surface area contributed by atoms with Crippen molar-refractivity contribution in [3.05, 3.63) is 35.9 Å². The summed E-state index contributed by atoms with van der Waals surface area (Å²) >= 11 is 1.62. The average molecular weight is 332 g/mol. The summed E-state index contributed by atoms with van der Waals surface area (Å²) in [6.07, 6.45) is 4.24. The van der Waals surface area contributed by atoms with E-state index in [1.807, 2.05) is 18.2 Å². The smallest absolute Gasteiger partial charge is 0.223 e. The van der Waals surface area contributed by atoms with E-state index in [-0.39, 0.29) is 23.1 Å². The van der Waals surface area contributed by atoms with Crippen molar-refractivity contribution in [3.63, 3.8) is 0 Å². The summed E-state index contributed by atoms with van der Waals surface area (Å²) in [4.78, 5) is 26.9. The van der Waals surface area contributed by atoms with Gasteiger partial charge in [0.05, 0.1) is 6.04 Å². The zero-order chi connectivity index (χ0) is 16.1. The molecule has 2 atom stereocenters. The summed E-state index contributed by atoms with van der Waals surface area (Å²) in [7, 11) is 0. The maximum Gasteiger partial charge on any atom is 0.223 e. The largest absolute Gasteiger partial charge is 0.323 e. The molecule has 2 heterocycles. The Balaban J connectivity index is 1.50. The SMILES string of the molecule is O=C(C1SCCN1C(=O)CCCc1ccccc1)[C@H]1CCCN1. The number of carbonyl (C=O) groups excluding carboxylic acids is 2. The number of nitrogens with one attached hydrogen (secondary N) is 1. The molecule has 5 heteroatoms. The Kier molecular flexibility index (Phi) is 5.73. The van der Waals surface area contributed by atoms with Crippen molar-refractivity contribution in [2.75, 3.05) is 18.8 Å². The summed E-state index contributed by atoms with van der Waals surface area (Å²) in [5, 5.41) is 2.99. The van der Waals surface area contributed by atoms with Crippen LogP contribution >= 0.6 is 11.8 Å². The van der Waals surface area contributed by atoms with Crippen LogP contribution in [0.4, 0.5) is 0 Å². The molecule has 1 aromatic carbocycles. The van der Waals surface area contributed by atoms with Gasteiger partial charge >= 0.3 is 0 Å². The summed E-state index contributed by atoms with van der Waals surface area (Å²) in [5.41, 5.74) is 1.26. The van der Waals surface area contributed by atoms with Crippen molar-refractivity contribution < 1.29 is 9.59 Å². The number of Topliss-reactive ketones (excluding diaryl/α,β-unsaturated/α-hetero) is 1. The second-order valence-corrected chi connectivity index (χ2v) is 7.39. The Morgan fingerprint density at radius 1 is 1.26 bits per heavy atom. The van der Waals surface area contributed by atoms with Gasteiger partial charge in [-0.3, -0.25) is 9.59 Å². The first-order valence-corrected chi connectivity index (χ1v) is 9.53. The maximum absolute atomic E-state index is 12.6. The van der Waals surface area contributed by atoms with Crippen LogP contribution in [-0.4, -0.2) is 46.8 Å². The van der Waals surface area contributed by atoms with Crippen molar-refractivity contribution in [1.29, 1.82) is 0 Å². The van der Waals surface area contributed by atoms with E-state index >= 15 is 0 Å². The van der Waals surface area contributed by atoms with Crippen molar-refractivity contribution in [1.82, 2.24) is 10.2 Å². The van der Waals surface area contributed by atoms with Gasteiger partial charge in [0.15, 0.2) is 5.78 Å². The van der Waals surface area contributed by atoms with Crippen molar-refractivity contribution in [3.8, 4) is 0 Å². The van der Waals surface area contributed by atoms with Crippen LogP contribution in [0.1, 0.15) is 31.2 Å². The molecule has 1 amide bonds. The summed E-state index contributed by atoms with van der Waals surface area (Å²) in [6.45, 7) is 1.62. The Morgan fingerprint density at radius 3 is 2.83 bits per heavy atom. The molecular formula is C18H24N2O2S. The van der Waals surface area contributed by atoms with E-state index in [1.165, 1.54) is 5.56 Å². The van der Waals surface area contributed by atoms with Gasteiger partial charge in [-0.05, 0) is 37.8 Å². The zero-order valence-electron chi connectivity index (χ0n) is 13.4. The highest BCUT2D eigenvalue weighted by Gasteiger charge is 2.38. The molecule has 4 nitrogen and oxygen atoms in total. The third-order valence-electron chi connectivity index (χ3n) is 4.56. The van der Waals surface area contributed by atoms with Crippen LogP contribution in [0.3, 0.4) is 0 Å². The monoisotopic (exact) mass is 332 g/mol. The number of hydrogen-bond acceptors (Lipinski definition) is 4. The normalized spacial score (nSPS) is 24.1. The van der Waals surface area contributed by atoms with Crippen LogP contribution in [0.5, 0.6) is 0 Å². The molecule has 2 saturated heterocycles. The van der Waals surface area contributed by atoms with E-state index in [1.54, 1.807) is 16.7 Å². The molecule has 2 aliphatic heterocycles. The minimum atomic E-state index is -0.269. The van der Waals surface area contributed by atoms with Crippen LogP contribution in [0, 0.1) is 0 Å². The van der Waals surface area contributed by atoms with Gasteiger partial charge in [0, 0.05) is 18.7 Å². The topological polar surface area (TPSA) is 49.4 Å². The van der Waals surface area contributed by atoms with Crippen LogP contribution < -0.4 is 5.32 Å². The average Bonchev–Trinajstić information content (AvgIpc) is 3.27. The third kappa shape index (κ3) is 4.15. The minimum absolute atomic E-state index is 0.0507. The summed E-state index contributed by atoms with van der Waals surface area (Å²) in [6, 6.07) is 10.2. The molecule has 124 valence electrons. The van der Waals surface area contributed by atoms with E-state index in [4.69, 9.17) is 0 Å². The van der Waals surface area contributed by atoms with E-state index in [2.05, 4.69) is 17.4 Å². The number of ketones is 1. The fraction of sp³-hybridized carbons (Fsp3) is 0.556. The quantitative estimate of drug-likeness (QED) is 0.868. The lowest BCUT2D eigenvalue weighted by Gasteiger charge is -2.25. The zero-order valence-corrected chi connectivity index (χ0v) is 14.2. The first-order chi connectivity index (χ1) is 11.3. The predicted octanol–water partition coefficient (Wildman–Crippen LogP) is 2.23. The van der Waals surface area contributed by atoms with Gasteiger partial charge in [0.25, 0.3) is 0 Å². The highest BCUT2D eigenvalue weighted by molar-refractivity contribution is 8.00. The van der Waals surface area contributed by atoms with Gasteiger partial charge in [0.2, 0.25) is 5.91 Å². The first kappa shape index (κ1) is 16.5. The molecule has 1 N–H and O–H groups in total. The highest BCUT2D eigenvalue weighted by Crippen LogP contribution is 2.28. The second kappa shape index (κ2) is 7.97. The highest BCUT2D eigenvalue weighted by atomic mass is 32.2. The first-order valence-electron chi connectivity index (χ1n) is 8.48. The number of hydrogen-bond donors (Lipinski definition) is 1. The molecule has 0 aromatic heterocycles. The molecule has 0 spiro atoms. The lowest BCUT2D eigenvalue weighted by molar-refractivity contribution is -0.136. The number of rotatable bonds is 6. The number of thioether (sulfide) groups is 1. The number of benzene rings is 1. The van der Waals surface area contributed by atoms with Crippen molar-refractivity contribution in [2.45, 2.75) is 43.5 Å². The van der Waals surface area contributed by atoms with Crippen LogP contribution in [0.2, 0.25) is 0 Å². The fourth-order valence-electron chi connectivity index (χ4n) is 3.29. The lowest BCUT2D eigenvalue weighted by Crippen LogP contribution is -2.46. The van der Waals surface area contributed by atoms with Crippen LogP contribution in [-0.2, 0) is 16.0 Å². The maximum atomic E-state index is 12.6. The van der Waals surface area contributed by atoms with Crippen molar-refractivity contribution in [2.24, 2.45) is 0 Å². The second-order valence-electron chi connectivity index (χ2n) is 6.20. The van der Waals surface area contributed by atoms with Crippen LogP contribution in [0.15, 0.2) is 30.3 Å². The molecule has 23 heavy (non-hydrogen) atoms. The number of nitrogens with zero attached hydrogens (tertiary/aromatic N) is 1. The predicted molar refractivity (Wildman–Crippen MR) is 93.4 cm³/mol. The molecule has 0 bridgehead atoms. The lowest BCUT2D eigenvalue weighted by atomic mass is 10.1. The molecule has 0 radical (unpaired) electrons. The molecule has 2 fully saturated rings. The van der Waals surface area contributed by atoms with E-state index in [9.17, 15) is 9.59 Å². The minimum Gasteiger partial charge on any atom is -0.323 e. The summed E-state index contributed by atoms with van der Waals surface area (Å²) in [5.74, 6) is 1.19. The Morgan fingerprint density at radius 2 is 2.09 bits per heavy atom. The Hall–Kier alpha value is -1.33. The number of aryl methyl sites for hydroxylation is 1. The molecular weight excluding hydrogens is 308 g/mol. The molecule has 1 aromatic rings. The van der Waals surface area contributed by atoms with Crippen molar-refractivity contribution >= 4 is 23.5 Å². The van der Waals surface area contributed by atoms with Gasteiger partial charge in [-0.25, -0.2) is 0 Å². The van der Waals surface area contributed by atoms with E-state index in [0.29, 0.717) is 13.0 Å². The van der Waals surface area contributed by atoms with E-state index < -0.39 is 0 Å². The molecule has 3 rings (SSSR count). The van der Waals surface area contributed by atoms with Gasteiger partial charge in [-0.15, -0.1) is 11.8 Å². The number of carbonyl (C=O) groups is 2. The molecule has 1 unspecified atom stereocenters. The fourth-order valence-corrected chi connectivity index (χ4v) is 4.55. The van der Waals surface area contributed by atoms with Crippen LogP contribution in [0.25, 0.3) is 0 Å². The molecule has 2 aliphatic rings. The third-order valence-corrected chi connectivity index (χ3v) is 5.78. The van der Waals surface area contributed by atoms with E-state index in [0.717, 1.165) is 38.0 Å². The number of amides is 1.